The monoisotopic (exact) mass is 476 g/mol. The van der Waals surface area contributed by atoms with Crippen LogP contribution in [0.2, 0.25) is 0 Å². The van der Waals surface area contributed by atoms with Crippen molar-refractivity contribution in [3.8, 4) is 0 Å². The Kier molecular flexibility index (Phi) is 5.01. The standard InChI is InChI=1S/C11H11O.C9H7.C3H6.2ClH.Zr/c12-6-5-9-7-10-3-1-2-4-11(10)8-9;1-2-5-9-7-3-6-8(9)4-1;1-3-2;;;/h1-4,7-8,12H,5-6H2;1-7H;1-2H3;2*1H;/q;;;;;+2/p-2. The second kappa shape index (κ2) is 6.92. The first kappa shape index (κ1) is 19.5. The Labute approximate surface area is 169 Å². The fourth-order valence-electron chi connectivity index (χ4n) is 4.85. The number of halogens is 2. The summed E-state index contributed by atoms with van der Waals surface area (Å²) < 4.78 is 1.19. The summed E-state index contributed by atoms with van der Waals surface area (Å²) >= 11 is -4.63. The van der Waals surface area contributed by atoms with Gasteiger partial charge in [-0.2, -0.15) is 0 Å². The fraction of sp³-hybridized carbons (Fsp3) is 0.261. The summed E-state index contributed by atoms with van der Waals surface area (Å²) in [4.78, 5) is 0. The summed E-state index contributed by atoms with van der Waals surface area (Å²) in [7, 11) is 15.6. The van der Waals surface area contributed by atoms with Crippen molar-refractivity contribution < 1.29 is 21.0 Å². The Balaban J connectivity index is 2.00. The van der Waals surface area contributed by atoms with Crippen molar-refractivity contribution in [3.63, 3.8) is 0 Å². The van der Waals surface area contributed by atoms with Gasteiger partial charge in [0, 0.05) is 0 Å². The molecule has 0 radical (unpaired) electrons. The molecule has 0 saturated heterocycles. The topological polar surface area (TPSA) is 20.2 Å². The molecule has 2 aromatic rings. The molecule has 140 valence electrons. The van der Waals surface area contributed by atoms with Crippen LogP contribution in [-0.4, -0.2) is 14.9 Å². The van der Waals surface area contributed by atoms with Crippen LogP contribution in [0.25, 0.3) is 12.2 Å². The van der Waals surface area contributed by atoms with E-state index in [4.69, 9.17) is 17.0 Å². The second-order valence-electron chi connectivity index (χ2n) is 7.87. The van der Waals surface area contributed by atoms with E-state index in [9.17, 15) is 5.11 Å². The van der Waals surface area contributed by atoms with E-state index in [1.54, 1.807) is 0 Å². The molecule has 2 unspecified atom stereocenters. The van der Waals surface area contributed by atoms with Crippen molar-refractivity contribution in [3.05, 3.63) is 82.4 Å². The Morgan fingerprint density at radius 2 is 1.59 bits per heavy atom. The maximum atomic E-state index is 9.71. The van der Waals surface area contributed by atoms with Crippen LogP contribution in [0.3, 0.4) is 0 Å². The Hall–Kier alpha value is -0.787. The van der Waals surface area contributed by atoms with Crippen molar-refractivity contribution in [2.45, 2.75) is 27.5 Å². The molecule has 2 aromatic carbocycles. The molecule has 2 aliphatic carbocycles. The van der Waals surface area contributed by atoms with Gasteiger partial charge >= 0.3 is 170 Å². The van der Waals surface area contributed by atoms with E-state index < -0.39 is 15.9 Å². The quantitative estimate of drug-likeness (QED) is 0.533. The molecule has 2 aliphatic rings. The fourth-order valence-corrected chi connectivity index (χ4v) is 21.4. The average Bonchev–Trinajstić information content (AvgIpc) is 3.24. The number of aliphatic hydroxyl groups excluding tert-OH is 1. The van der Waals surface area contributed by atoms with Crippen molar-refractivity contribution in [2.24, 2.45) is 0 Å². The molecule has 0 aromatic heterocycles. The molecule has 0 heterocycles. The molecule has 4 heteroatoms. The van der Waals surface area contributed by atoms with Gasteiger partial charge in [0.1, 0.15) is 0 Å². The zero-order chi connectivity index (χ0) is 19.3. The van der Waals surface area contributed by atoms with Gasteiger partial charge in [0.15, 0.2) is 0 Å². The summed E-state index contributed by atoms with van der Waals surface area (Å²) in [5, 5.41) is 9.71. The number of benzene rings is 2. The summed E-state index contributed by atoms with van der Waals surface area (Å²) in [5.41, 5.74) is 6.03. The predicted molar refractivity (Wildman–Crippen MR) is 115 cm³/mol. The van der Waals surface area contributed by atoms with E-state index >= 15 is 0 Å². The van der Waals surface area contributed by atoms with Crippen LogP contribution in [0.4, 0.5) is 0 Å². The van der Waals surface area contributed by atoms with Gasteiger partial charge < -0.3 is 0 Å². The van der Waals surface area contributed by atoms with Gasteiger partial charge in [-0.15, -0.1) is 0 Å². The summed E-state index contributed by atoms with van der Waals surface area (Å²) in [6.45, 7) is 4.32. The van der Waals surface area contributed by atoms with Crippen LogP contribution in [-0.2, 0) is 15.9 Å². The van der Waals surface area contributed by atoms with Gasteiger partial charge in [0.05, 0.1) is 0 Å². The Bertz CT molecular complexity index is 1040. The van der Waals surface area contributed by atoms with Crippen LogP contribution in [0.5, 0.6) is 0 Å². The van der Waals surface area contributed by atoms with E-state index in [-0.39, 0.29) is 13.9 Å². The number of allylic oxidation sites excluding steroid dienone is 1. The van der Waals surface area contributed by atoms with Gasteiger partial charge in [-0.1, -0.05) is 0 Å². The first-order valence-corrected chi connectivity index (χ1v) is 19.8. The number of fused-ring (bicyclic) bond motifs is 2. The molecule has 4 rings (SSSR count). The summed E-state index contributed by atoms with van der Waals surface area (Å²) in [5.74, 6) is 0. The average molecular weight is 479 g/mol. The van der Waals surface area contributed by atoms with Crippen LogP contribution in [0.15, 0.2) is 60.2 Å². The van der Waals surface area contributed by atoms with E-state index in [0.717, 1.165) is 3.21 Å². The molecular weight excluding hydrogens is 454 g/mol. The third kappa shape index (κ3) is 2.84. The van der Waals surface area contributed by atoms with E-state index in [1.807, 2.05) is 6.07 Å². The van der Waals surface area contributed by atoms with Gasteiger partial charge in [-0.05, 0) is 0 Å². The zero-order valence-corrected chi connectivity index (χ0v) is 19.6. The number of hydrogen-bond acceptors (Lipinski definition) is 1. The summed E-state index contributed by atoms with van der Waals surface area (Å²) in [6.07, 6.45) is 7.19. The molecule has 0 aliphatic heterocycles. The number of aliphatic hydroxyl groups is 1. The van der Waals surface area contributed by atoms with E-state index in [0.29, 0.717) is 6.42 Å². The molecule has 0 amide bonds. The Morgan fingerprint density at radius 3 is 2.26 bits per heavy atom. The molecule has 2 atom stereocenters. The van der Waals surface area contributed by atoms with Crippen LogP contribution in [0.1, 0.15) is 49.8 Å². The minimum absolute atomic E-state index is 0.0103. The minimum atomic E-state index is -4.63. The summed E-state index contributed by atoms with van der Waals surface area (Å²) in [6, 6.07) is 16.8. The van der Waals surface area contributed by atoms with Crippen molar-refractivity contribution in [1.29, 1.82) is 0 Å². The molecule has 0 fully saturated rings. The van der Waals surface area contributed by atoms with E-state index in [2.05, 4.69) is 74.5 Å². The SMILES string of the molecule is C[C](C)=[Zr]([Cl])([Cl])([CH]1C=Cc2ccccc21)[CH]1C(CCO)=Cc2ccccc21. The van der Waals surface area contributed by atoms with Crippen molar-refractivity contribution in [2.75, 3.05) is 6.61 Å². The van der Waals surface area contributed by atoms with Crippen molar-refractivity contribution >= 4 is 32.4 Å². The molecule has 0 saturated carbocycles. The van der Waals surface area contributed by atoms with Crippen LogP contribution < -0.4 is 0 Å². The number of hydrogen-bond donors (Lipinski definition) is 1. The molecule has 1 N–H and O–H groups in total. The van der Waals surface area contributed by atoms with Gasteiger partial charge in [-0.25, -0.2) is 0 Å². The first-order valence-electron chi connectivity index (χ1n) is 9.43. The van der Waals surface area contributed by atoms with E-state index in [1.165, 1.54) is 27.8 Å². The third-order valence-electron chi connectivity index (χ3n) is 6.27. The molecular formula is C23H24Cl2OZr. The number of rotatable bonds is 4. The van der Waals surface area contributed by atoms with Crippen LogP contribution in [0, 0.1) is 0 Å². The zero-order valence-electron chi connectivity index (χ0n) is 15.6. The molecule has 1 nitrogen and oxygen atoms in total. The van der Waals surface area contributed by atoms with Crippen LogP contribution >= 0.6 is 17.0 Å². The third-order valence-corrected chi connectivity index (χ3v) is 29.1. The Morgan fingerprint density at radius 1 is 0.963 bits per heavy atom. The molecule has 0 spiro atoms. The molecule has 27 heavy (non-hydrogen) atoms. The van der Waals surface area contributed by atoms with Gasteiger partial charge in [0.2, 0.25) is 0 Å². The first-order chi connectivity index (χ1) is 12.9. The molecule has 0 bridgehead atoms. The predicted octanol–water partition coefficient (Wildman–Crippen LogP) is 6.48. The van der Waals surface area contributed by atoms with Gasteiger partial charge in [-0.3, -0.25) is 0 Å². The maximum absolute atomic E-state index is 9.71. The second-order valence-corrected chi connectivity index (χ2v) is 29.7. The normalized spacial score (nSPS) is 21.0. The van der Waals surface area contributed by atoms with Gasteiger partial charge in [0.25, 0.3) is 0 Å². The van der Waals surface area contributed by atoms with Crippen molar-refractivity contribution in [1.82, 2.24) is 0 Å².